The Bertz CT molecular complexity index is 923. The van der Waals surface area contributed by atoms with Crippen molar-refractivity contribution in [2.45, 2.75) is 13.3 Å². The molecule has 0 spiro atoms. The van der Waals surface area contributed by atoms with E-state index in [9.17, 15) is 4.79 Å². The first-order valence-electron chi connectivity index (χ1n) is 8.57. The third kappa shape index (κ3) is 4.81. The highest BCUT2D eigenvalue weighted by Crippen LogP contribution is 2.31. The van der Waals surface area contributed by atoms with Crippen molar-refractivity contribution in [3.8, 4) is 17.0 Å². The third-order valence-corrected chi connectivity index (χ3v) is 4.56. The number of hydrogen-bond acceptors (Lipinski definition) is 3. The van der Waals surface area contributed by atoms with Crippen LogP contribution < -0.4 is 10.1 Å². The molecule has 0 fully saturated rings. The molecule has 1 aromatic heterocycles. The third-order valence-electron chi connectivity index (χ3n) is 4.02. The molecule has 0 radical (unpaired) electrons. The fraction of sp³-hybridized carbons (Fsp3) is 0.200. The summed E-state index contributed by atoms with van der Waals surface area (Å²) >= 11 is 12.1. The number of nitrogens with one attached hydrogen (secondary N) is 2. The van der Waals surface area contributed by atoms with E-state index in [-0.39, 0.29) is 5.91 Å². The quantitative estimate of drug-likeness (QED) is 0.597. The van der Waals surface area contributed by atoms with Gasteiger partial charge in [-0.15, -0.1) is 0 Å². The van der Waals surface area contributed by atoms with E-state index in [2.05, 4.69) is 15.5 Å². The average Bonchev–Trinajstić information content (AvgIpc) is 3.15. The lowest BCUT2D eigenvalue weighted by atomic mass is 10.1. The monoisotopic (exact) mass is 403 g/mol. The summed E-state index contributed by atoms with van der Waals surface area (Å²) in [5, 5.41) is 11.0. The van der Waals surface area contributed by atoms with Crippen LogP contribution in [-0.4, -0.2) is 29.3 Å². The maximum atomic E-state index is 12.5. The lowest BCUT2D eigenvalue weighted by Crippen LogP contribution is -2.25. The number of halogens is 2. The standard InChI is InChI=1S/C20H19Cl2N3O2/c1-2-27-18-8-5-14(11-17(18)22)19-16(12-24-25-19)20(26)23-10-9-13-3-6-15(21)7-4-13/h3-8,11-12H,2,9-10H2,1H3,(H,23,26)(H,24,25). The number of carbonyl (C=O) groups is 1. The molecule has 27 heavy (non-hydrogen) atoms. The largest absolute Gasteiger partial charge is 0.492 e. The number of aromatic amines is 1. The lowest BCUT2D eigenvalue weighted by molar-refractivity contribution is 0.0955. The van der Waals surface area contributed by atoms with Crippen LogP contribution >= 0.6 is 23.2 Å². The van der Waals surface area contributed by atoms with E-state index in [0.29, 0.717) is 46.6 Å². The summed E-state index contributed by atoms with van der Waals surface area (Å²) in [5.74, 6) is 0.411. The molecular formula is C20H19Cl2N3O2. The normalized spacial score (nSPS) is 10.6. The Kier molecular flexibility index (Phi) is 6.37. The minimum atomic E-state index is -0.197. The fourth-order valence-electron chi connectivity index (χ4n) is 2.67. The van der Waals surface area contributed by atoms with Gasteiger partial charge < -0.3 is 10.1 Å². The van der Waals surface area contributed by atoms with Gasteiger partial charge in [0, 0.05) is 17.1 Å². The molecule has 0 bridgehead atoms. The van der Waals surface area contributed by atoms with Crippen LogP contribution in [0.3, 0.4) is 0 Å². The van der Waals surface area contributed by atoms with Gasteiger partial charge in [-0.25, -0.2) is 0 Å². The Hall–Kier alpha value is -2.50. The van der Waals surface area contributed by atoms with E-state index in [1.54, 1.807) is 12.1 Å². The number of aromatic nitrogens is 2. The average molecular weight is 404 g/mol. The molecule has 3 aromatic rings. The van der Waals surface area contributed by atoms with Crippen LogP contribution in [0.15, 0.2) is 48.7 Å². The predicted molar refractivity (Wildman–Crippen MR) is 108 cm³/mol. The van der Waals surface area contributed by atoms with Crippen LogP contribution in [0.1, 0.15) is 22.8 Å². The van der Waals surface area contributed by atoms with Crippen molar-refractivity contribution < 1.29 is 9.53 Å². The highest BCUT2D eigenvalue weighted by atomic mass is 35.5. The second kappa shape index (κ2) is 8.93. The van der Waals surface area contributed by atoms with Crippen LogP contribution in [0.2, 0.25) is 10.0 Å². The van der Waals surface area contributed by atoms with Gasteiger partial charge in [0.15, 0.2) is 0 Å². The van der Waals surface area contributed by atoms with Gasteiger partial charge in [0.1, 0.15) is 5.75 Å². The zero-order valence-corrected chi connectivity index (χ0v) is 16.3. The van der Waals surface area contributed by atoms with Gasteiger partial charge in [0.2, 0.25) is 0 Å². The first-order valence-corrected chi connectivity index (χ1v) is 9.32. The van der Waals surface area contributed by atoms with Gasteiger partial charge >= 0.3 is 0 Å². The molecule has 0 atom stereocenters. The smallest absolute Gasteiger partial charge is 0.255 e. The number of carbonyl (C=O) groups excluding carboxylic acids is 1. The Morgan fingerprint density at radius 2 is 1.96 bits per heavy atom. The summed E-state index contributed by atoms with van der Waals surface area (Å²) in [6.07, 6.45) is 2.22. The summed E-state index contributed by atoms with van der Waals surface area (Å²) in [7, 11) is 0. The zero-order valence-electron chi connectivity index (χ0n) is 14.8. The zero-order chi connectivity index (χ0) is 19.2. The number of H-pyrrole nitrogens is 1. The number of amides is 1. The molecule has 140 valence electrons. The topological polar surface area (TPSA) is 67.0 Å². The second-order valence-corrected chi connectivity index (χ2v) is 6.71. The summed E-state index contributed by atoms with van der Waals surface area (Å²) in [6, 6.07) is 12.9. The molecule has 0 unspecified atom stereocenters. The molecule has 1 heterocycles. The highest BCUT2D eigenvalue weighted by molar-refractivity contribution is 6.32. The molecule has 0 saturated heterocycles. The van der Waals surface area contributed by atoms with Gasteiger partial charge in [0.05, 0.1) is 29.1 Å². The molecule has 2 N–H and O–H groups in total. The maximum Gasteiger partial charge on any atom is 0.255 e. The summed E-state index contributed by atoms with van der Waals surface area (Å²) in [6.45, 7) is 2.94. The summed E-state index contributed by atoms with van der Waals surface area (Å²) in [5.41, 5.74) is 2.95. The first kappa shape index (κ1) is 19.3. The molecule has 5 nitrogen and oxygen atoms in total. The first-order chi connectivity index (χ1) is 13.1. The Morgan fingerprint density at radius 1 is 1.19 bits per heavy atom. The Morgan fingerprint density at radius 3 is 2.67 bits per heavy atom. The van der Waals surface area contributed by atoms with Crippen LogP contribution in [-0.2, 0) is 6.42 Å². The molecule has 0 aliphatic heterocycles. The van der Waals surface area contributed by atoms with Crippen molar-refractivity contribution in [1.29, 1.82) is 0 Å². The number of rotatable bonds is 7. The number of hydrogen-bond donors (Lipinski definition) is 2. The van der Waals surface area contributed by atoms with Crippen LogP contribution in [0.25, 0.3) is 11.3 Å². The van der Waals surface area contributed by atoms with Gasteiger partial charge in [0.25, 0.3) is 5.91 Å². The Labute approximate surface area is 167 Å². The maximum absolute atomic E-state index is 12.5. The molecule has 7 heteroatoms. The summed E-state index contributed by atoms with van der Waals surface area (Å²) < 4.78 is 5.44. The van der Waals surface area contributed by atoms with E-state index in [4.69, 9.17) is 27.9 Å². The van der Waals surface area contributed by atoms with Crippen LogP contribution in [0.4, 0.5) is 0 Å². The predicted octanol–water partition coefficient (Wildman–Crippen LogP) is 4.75. The van der Waals surface area contributed by atoms with Gasteiger partial charge in [-0.05, 0) is 49.2 Å². The molecule has 0 saturated carbocycles. The van der Waals surface area contributed by atoms with E-state index < -0.39 is 0 Å². The van der Waals surface area contributed by atoms with E-state index in [1.165, 1.54) is 6.20 Å². The fourth-order valence-corrected chi connectivity index (χ4v) is 3.04. The highest BCUT2D eigenvalue weighted by Gasteiger charge is 2.16. The minimum absolute atomic E-state index is 0.197. The molecule has 2 aromatic carbocycles. The molecular weight excluding hydrogens is 385 g/mol. The summed E-state index contributed by atoms with van der Waals surface area (Å²) in [4.78, 5) is 12.5. The number of nitrogens with zero attached hydrogens (tertiary/aromatic N) is 1. The van der Waals surface area contributed by atoms with E-state index >= 15 is 0 Å². The molecule has 1 amide bonds. The van der Waals surface area contributed by atoms with Crippen molar-refractivity contribution >= 4 is 29.1 Å². The van der Waals surface area contributed by atoms with Crippen molar-refractivity contribution in [1.82, 2.24) is 15.5 Å². The second-order valence-electron chi connectivity index (χ2n) is 5.87. The number of ether oxygens (including phenoxy) is 1. The van der Waals surface area contributed by atoms with Crippen LogP contribution in [0, 0.1) is 0 Å². The van der Waals surface area contributed by atoms with E-state index in [1.807, 2.05) is 37.3 Å². The molecule has 0 aliphatic carbocycles. The van der Waals surface area contributed by atoms with E-state index in [0.717, 1.165) is 11.1 Å². The lowest BCUT2D eigenvalue weighted by Gasteiger charge is -2.09. The number of benzene rings is 2. The Balaban J connectivity index is 1.67. The van der Waals surface area contributed by atoms with Crippen molar-refractivity contribution in [2.24, 2.45) is 0 Å². The van der Waals surface area contributed by atoms with Gasteiger partial charge in [-0.1, -0.05) is 35.3 Å². The molecule has 3 rings (SSSR count). The SMILES string of the molecule is CCOc1ccc(-c2[nH]ncc2C(=O)NCCc2ccc(Cl)cc2)cc1Cl. The van der Waals surface area contributed by atoms with Gasteiger partial charge in [-0.3, -0.25) is 9.89 Å². The van der Waals surface area contributed by atoms with Crippen molar-refractivity contribution in [3.05, 3.63) is 69.8 Å². The van der Waals surface area contributed by atoms with Gasteiger partial charge in [-0.2, -0.15) is 5.10 Å². The van der Waals surface area contributed by atoms with Crippen LogP contribution in [0.5, 0.6) is 5.75 Å². The van der Waals surface area contributed by atoms with Crippen molar-refractivity contribution in [2.75, 3.05) is 13.2 Å². The van der Waals surface area contributed by atoms with Crippen molar-refractivity contribution in [3.63, 3.8) is 0 Å². The minimum Gasteiger partial charge on any atom is -0.492 e. The molecule has 0 aliphatic rings.